The van der Waals surface area contributed by atoms with Gasteiger partial charge in [0.05, 0.1) is 24.0 Å². The summed E-state index contributed by atoms with van der Waals surface area (Å²) in [4.78, 5) is 20.7. The Morgan fingerprint density at radius 3 is 2.54 bits per heavy atom. The first-order valence-corrected chi connectivity index (χ1v) is 7.76. The predicted molar refractivity (Wildman–Crippen MR) is 91.3 cm³/mol. The minimum absolute atomic E-state index is 0.151. The van der Waals surface area contributed by atoms with E-state index in [0.717, 1.165) is 22.0 Å². The third-order valence-electron chi connectivity index (χ3n) is 3.41. The monoisotopic (exact) mass is 324 g/mol. The fourth-order valence-corrected chi connectivity index (χ4v) is 2.42. The van der Waals surface area contributed by atoms with Crippen molar-refractivity contribution in [2.45, 2.75) is 32.8 Å². The van der Waals surface area contributed by atoms with Gasteiger partial charge >= 0.3 is 5.97 Å². The van der Waals surface area contributed by atoms with E-state index in [4.69, 9.17) is 4.74 Å². The molecule has 0 aliphatic heterocycles. The minimum Gasteiger partial charge on any atom is -0.460 e. The molecule has 0 saturated carbocycles. The summed E-state index contributed by atoms with van der Waals surface area (Å²) >= 11 is 0. The Morgan fingerprint density at radius 1 is 1.12 bits per heavy atom. The number of carbonyl (C=O) groups excluding carboxylic acids is 1. The normalized spacial score (nSPS) is 11.7. The van der Waals surface area contributed by atoms with E-state index in [0.29, 0.717) is 5.69 Å². The van der Waals surface area contributed by atoms with Crippen molar-refractivity contribution in [3.63, 3.8) is 0 Å². The first kappa shape index (κ1) is 16.1. The van der Waals surface area contributed by atoms with Crippen molar-refractivity contribution in [3.8, 4) is 11.3 Å². The molecule has 0 amide bonds. The van der Waals surface area contributed by atoms with E-state index < -0.39 is 5.60 Å². The summed E-state index contributed by atoms with van der Waals surface area (Å²) in [6, 6.07) is 3.88. The van der Waals surface area contributed by atoms with Crippen LogP contribution in [-0.4, -0.2) is 31.3 Å². The van der Waals surface area contributed by atoms with E-state index in [1.165, 1.54) is 0 Å². The largest absolute Gasteiger partial charge is 0.460 e. The summed E-state index contributed by atoms with van der Waals surface area (Å²) in [6.07, 6.45) is 7.35. The molecule has 0 unspecified atom stereocenters. The number of aromatic nitrogens is 4. The summed E-state index contributed by atoms with van der Waals surface area (Å²) < 4.78 is 7.08. The Balaban J connectivity index is 1.88. The van der Waals surface area contributed by atoms with Crippen molar-refractivity contribution >= 4 is 16.7 Å². The fourth-order valence-electron chi connectivity index (χ4n) is 2.42. The predicted octanol–water partition coefficient (Wildman–Crippen LogP) is 2.91. The molecule has 0 radical (unpaired) electrons. The molecule has 0 saturated heterocycles. The highest BCUT2D eigenvalue weighted by Gasteiger charge is 2.17. The first-order chi connectivity index (χ1) is 11.3. The summed E-state index contributed by atoms with van der Waals surface area (Å²) in [5.41, 5.74) is 1.97. The van der Waals surface area contributed by atoms with Crippen LogP contribution in [0.3, 0.4) is 0 Å². The number of esters is 1. The lowest BCUT2D eigenvalue weighted by Crippen LogP contribution is -2.25. The maximum Gasteiger partial charge on any atom is 0.312 e. The molecule has 0 fully saturated rings. The molecule has 3 aromatic rings. The van der Waals surface area contributed by atoms with Crippen molar-refractivity contribution < 1.29 is 9.53 Å². The van der Waals surface area contributed by atoms with E-state index in [-0.39, 0.29) is 12.4 Å². The molecule has 6 nitrogen and oxygen atoms in total. The molecule has 0 bridgehead atoms. The van der Waals surface area contributed by atoms with Crippen LogP contribution < -0.4 is 0 Å². The highest BCUT2D eigenvalue weighted by molar-refractivity contribution is 5.85. The highest BCUT2D eigenvalue weighted by atomic mass is 16.6. The van der Waals surface area contributed by atoms with Crippen LogP contribution in [0.5, 0.6) is 0 Å². The summed E-state index contributed by atoms with van der Waals surface area (Å²) in [6.45, 7) is 5.56. The molecule has 3 heterocycles. The van der Waals surface area contributed by atoms with Gasteiger partial charge in [-0.2, -0.15) is 5.10 Å². The number of nitrogens with zero attached hydrogens (tertiary/aromatic N) is 4. The number of hydrogen-bond acceptors (Lipinski definition) is 5. The molecule has 124 valence electrons. The molecule has 0 aliphatic rings. The smallest absolute Gasteiger partial charge is 0.312 e. The van der Waals surface area contributed by atoms with Crippen LogP contribution in [0.4, 0.5) is 0 Å². The number of hydrogen-bond donors (Lipinski definition) is 0. The molecule has 24 heavy (non-hydrogen) atoms. The molecule has 0 aliphatic carbocycles. The summed E-state index contributed by atoms with van der Waals surface area (Å²) in [5, 5.41) is 6.08. The lowest BCUT2D eigenvalue weighted by molar-refractivity contribution is -0.153. The second-order valence-electron chi connectivity index (χ2n) is 6.76. The summed E-state index contributed by atoms with van der Waals surface area (Å²) in [7, 11) is 1.87. The van der Waals surface area contributed by atoms with Gasteiger partial charge in [0.1, 0.15) is 5.60 Å². The zero-order valence-corrected chi connectivity index (χ0v) is 14.3. The lowest BCUT2D eigenvalue weighted by atomic mass is 10.1. The topological polar surface area (TPSA) is 69.9 Å². The lowest BCUT2D eigenvalue weighted by Gasteiger charge is -2.19. The zero-order valence-electron chi connectivity index (χ0n) is 14.3. The maximum atomic E-state index is 12.0. The van der Waals surface area contributed by atoms with Crippen molar-refractivity contribution in [3.05, 3.63) is 42.6 Å². The van der Waals surface area contributed by atoms with Crippen LogP contribution in [0, 0.1) is 0 Å². The number of rotatable bonds is 3. The minimum atomic E-state index is -0.495. The van der Waals surface area contributed by atoms with Crippen molar-refractivity contribution in [2.75, 3.05) is 0 Å². The fraction of sp³-hybridized carbons (Fsp3) is 0.333. The Hall–Kier alpha value is -2.76. The van der Waals surface area contributed by atoms with Gasteiger partial charge < -0.3 is 4.74 Å². The molecule has 6 heteroatoms. The average Bonchev–Trinajstić information content (AvgIpc) is 2.91. The second-order valence-corrected chi connectivity index (χ2v) is 6.76. The Kier molecular flexibility index (Phi) is 4.05. The molecule has 3 aromatic heterocycles. The Morgan fingerprint density at radius 2 is 1.88 bits per heavy atom. The van der Waals surface area contributed by atoms with Gasteiger partial charge in [-0.1, -0.05) is 0 Å². The van der Waals surface area contributed by atoms with Gasteiger partial charge in [0.15, 0.2) is 0 Å². The van der Waals surface area contributed by atoms with E-state index in [2.05, 4.69) is 15.1 Å². The van der Waals surface area contributed by atoms with Crippen LogP contribution in [-0.2, 0) is 23.0 Å². The number of aryl methyl sites for hydroxylation is 1. The molecule has 0 N–H and O–H groups in total. The molecule has 0 spiro atoms. The molecular formula is C18H20N4O2. The quantitative estimate of drug-likeness (QED) is 0.693. The van der Waals surface area contributed by atoms with E-state index in [9.17, 15) is 4.79 Å². The van der Waals surface area contributed by atoms with Crippen LogP contribution in [0.2, 0.25) is 0 Å². The molecule has 3 rings (SSSR count). The van der Waals surface area contributed by atoms with Crippen LogP contribution in [0.15, 0.2) is 36.9 Å². The standard InChI is InChI=1S/C18H20N4O2/c1-18(2,3)24-17(23)7-15-5-12-6-16(14-10-21-22(4)11-14)20-9-13(12)8-19-15/h5-6,8-11H,7H2,1-4H3. The van der Waals surface area contributed by atoms with Crippen LogP contribution in [0.25, 0.3) is 22.0 Å². The van der Waals surface area contributed by atoms with Crippen LogP contribution >= 0.6 is 0 Å². The summed E-state index contributed by atoms with van der Waals surface area (Å²) in [5.74, 6) is -0.282. The SMILES string of the molecule is Cn1cc(-c2cc3cc(CC(=O)OC(C)(C)C)ncc3cn2)cn1. The third kappa shape index (κ3) is 3.76. The van der Waals surface area contributed by atoms with Crippen molar-refractivity contribution in [1.29, 1.82) is 0 Å². The van der Waals surface area contributed by atoms with Crippen molar-refractivity contribution in [2.24, 2.45) is 7.05 Å². The van der Waals surface area contributed by atoms with Gasteiger partial charge in [0.2, 0.25) is 0 Å². The number of ether oxygens (including phenoxy) is 1. The number of pyridine rings is 2. The maximum absolute atomic E-state index is 12.0. The van der Waals surface area contributed by atoms with Gasteiger partial charge in [-0.3, -0.25) is 19.4 Å². The molecule has 0 atom stereocenters. The number of fused-ring (bicyclic) bond motifs is 1. The van der Waals surface area contributed by atoms with E-state index in [1.807, 2.05) is 46.1 Å². The van der Waals surface area contributed by atoms with Gasteiger partial charge in [-0.15, -0.1) is 0 Å². The Labute approximate surface area is 140 Å². The highest BCUT2D eigenvalue weighted by Crippen LogP contribution is 2.22. The van der Waals surface area contributed by atoms with Crippen LogP contribution in [0.1, 0.15) is 26.5 Å². The van der Waals surface area contributed by atoms with Gasteiger partial charge in [0.25, 0.3) is 0 Å². The zero-order chi connectivity index (χ0) is 17.3. The van der Waals surface area contributed by atoms with Gasteiger partial charge in [-0.05, 0) is 38.3 Å². The third-order valence-corrected chi connectivity index (χ3v) is 3.41. The van der Waals surface area contributed by atoms with Crippen molar-refractivity contribution in [1.82, 2.24) is 19.7 Å². The Bertz CT molecular complexity index is 893. The van der Waals surface area contributed by atoms with E-state index >= 15 is 0 Å². The number of carbonyl (C=O) groups is 1. The van der Waals surface area contributed by atoms with Gasteiger partial charge in [0, 0.05) is 36.6 Å². The van der Waals surface area contributed by atoms with Gasteiger partial charge in [-0.25, -0.2) is 0 Å². The first-order valence-electron chi connectivity index (χ1n) is 7.76. The second kappa shape index (κ2) is 6.03. The van der Waals surface area contributed by atoms with E-state index in [1.54, 1.807) is 23.3 Å². The molecular weight excluding hydrogens is 304 g/mol. The average molecular weight is 324 g/mol. The molecule has 0 aromatic carbocycles.